The Balaban J connectivity index is 1.94. The monoisotopic (exact) mass is 311 g/mol. The first-order chi connectivity index (χ1) is 10.6. The van der Waals surface area contributed by atoms with Crippen molar-refractivity contribution in [2.75, 3.05) is 19.6 Å². The molecule has 1 saturated heterocycles. The second kappa shape index (κ2) is 8.19. The van der Waals surface area contributed by atoms with Crippen molar-refractivity contribution in [2.45, 2.75) is 38.3 Å². The SMILES string of the molecule is NCCC(=O)NCC1CCCCN1Cc1ccc(F)c(F)c1. The summed E-state index contributed by atoms with van der Waals surface area (Å²) < 4.78 is 26.3. The molecular weight excluding hydrogens is 288 g/mol. The number of rotatable bonds is 6. The molecule has 1 aliphatic rings. The van der Waals surface area contributed by atoms with Crippen LogP contribution >= 0.6 is 0 Å². The molecule has 1 aliphatic heterocycles. The molecule has 0 spiro atoms. The summed E-state index contributed by atoms with van der Waals surface area (Å²) in [7, 11) is 0. The Labute approximate surface area is 129 Å². The van der Waals surface area contributed by atoms with Crippen molar-refractivity contribution in [1.29, 1.82) is 0 Å². The molecule has 122 valence electrons. The summed E-state index contributed by atoms with van der Waals surface area (Å²) in [6.45, 7) is 2.38. The van der Waals surface area contributed by atoms with Crippen LogP contribution in [0.25, 0.3) is 0 Å². The maximum atomic E-state index is 13.3. The van der Waals surface area contributed by atoms with Crippen LogP contribution in [0.1, 0.15) is 31.2 Å². The van der Waals surface area contributed by atoms with Crippen LogP contribution in [0.15, 0.2) is 18.2 Å². The van der Waals surface area contributed by atoms with Gasteiger partial charge in [0.1, 0.15) is 0 Å². The van der Waals surface area contributed by atoms with Crippen molar-refractivity contribution in [3.05, 3.63) is 35.4 Å². The number of carbonyl (C=O) groups excluding carboxylic acids is 1. The number of carbonyl (C=O) groups is 1. The van der Waals surface area contributed by atoms with Crippen LogP contribution in [0.3, 0.4) is 0 Å². The molecule has 1 aromatic rings. The second-order valence-corrected chi connectivity index (χ2v) is 5.71. The van der Waals surface area contributed by atoms with E-state index in [-0.39, 0.29) is 11.9 Å². The quantitative estimate of drug-likeness (QED) is 0.842. The molecule has 1 heterocycles. The van der Waals surface area contributed by atoms with Gasteiger partial charge in [-0.25, -0.2) is 8.78 Å². The first-order valence-electron chi connectivity index (χ1n) is 7.75. The molecule has 0 saturated carbocycles. The first-order valence-corrected chi connectivity index (χ1v) is 7.75. The predicted octanol–water partition coefficient (Wildman–Crippen LogP) is 1.78. The second-order valence-electron chi connectivity index (χ2n) is 5.71. The van der Waals surface area contributed by atoms with E-state index in [1.165, 1.54) is 6.07 Å². The minimum Gasteiger partial charge on any atom is -0.354 e. The summed E-state index contributed by atoms with van der Waals surface area (Å²) in [5.74, 6) is -1.68. The molecule has 2 rings (SSSR count). The molecule has 1 fully saturated rings. The van der Waals surface area contributed by atoms with E-state index in [1.54, 1.807) is 6.07 Å². The summed E-state index contributed by atoms with van der Waals surface area (Å²) in [5, 5.41) is 2.89. The topological polar surface area (TPSA) is 58.4 Å². The normalized spacial score (nSPS) is 19.1. The fourth-order valence-electron chi connectivity index (χ4n) is 2.82. The Morgan fingerprint density at radius 2 is 2.14 bits per heavy atom. The Bertz CT molecular complexity index is 510. The Morgan fingerprint density at radius 1 is 1.32 bits per heavy atom. The third-order valence-corrected chi connectivity index (χ3v) is 4.03. The average molecular weight is 311 g/mol. The molecule has 6 heteroatoms. The number of nitrogens with one attached hydrogen (secondary N) is 1. The Kier molecular flexibility index (Phi) is 6.27. The van der Waals surface area contributed by atoms with Gasteiger partial charge in [0.25, 0.3) is 0 Å². The Hall–Kier alpha value is -1.53. The van der Waals surface area contributed by atoms with E-state index < -0.39 is 11.6 Å². The van der Waals surface area contributed by atoms with Crippen LogP contribution in [0.2, 0.25) is 0 Å². The first kappa shape index (κ1) is 16.8. The van der Waals surface area contributed by atoms with Crippen molar-refractivity contribution < 1.29 is 13.6 Å². The molecule has 4 nitrogen and oxygen atoms in total. The van der Waals surface area contributed by atoms with E-state index in [0.717, 1.165) is 37.4 Å². The highest BCUT2D eigenvalue weighted by Gasteiger charge is 2.23. The van der Waals surface area contributed by atoms with Crippen molar-refractivity contribution in [3.63, 3.8) is 0 Å². The lowest BCUT2D eigenvalue weighted by Gasteiger charge is -2.36. The molecule has 0 radical (unpaired) electrons. The molecule has 0 aliphatic carbocycles. The van der Waals surface area contributed by atoms with Gasteiger partial charge >= 0.3 is 0 Å². The van der Waals surface area contributed by atoms with Gasteiger partial charge < -0.3 is 11.1 Å². The van der Waals surface area contributed by atoms with E-state index in [1.807, 2.05) is 0 Å². The molecule has 1 amide bonds. The molecule has 3 N–H and O–H groups in total. The van der Waals surface area contributed by atoms with E-state index in [0.29, 0.717) is 26.1 Å². The molecule has 22 heavy (non-hydrogen) atoms. The number of nitrogens with two attached hydrogens (primary N) is 1. The van der Waals surface area contributed by atoms with Crippen LogP contribution in [-0.4, -0.2) is 36.5 Å². The van der Waals surface area contributed by atoms with E-state index in [9.17, 15) is 13.6 Å². The zero-order chi connectivity index (χ0) is 15.9. The highest BCUT2D eigenvalue weighted by atomic mass is 19.2. The van der Waals surface area contributed by atoms with Gasteiger partial charge in [0.2, 0.25) is 5.91 Å². The largest absolute Gasteiger partial charge is 0.354 e. The third kappa shape index (κ3) is 4.74. The summed E-state index contributed by atoms with van der Waals surface area (Å²) in [6.07, 6.45) is 3.52. The van der Waals surface area contributed by atoms with E-state index >= 15 is 0 Å². The number of hydrogen-bond donors (Lipinski definition) is 2. The zero-order valence-corrected chi connectivity index (χ0v) is 12.7. The summed E-state index contributed by atoms with van der Waals surface area (Å²) in [6, 6.07) is 4.24. The zero-order valence-electron chi connectivity index (χ0n) is 12.7. The fourth-order valence-corrected chi connectivity index (χ4v) is 2.82. The molecule has 0 aromatic heterocycles. The van der Waals surface area contributed by atoms with Crippen LogP contribution in [-0.2, 0) is 11.3 Å². The number of hydrogen-bond acceptors (Lipinski definition) is 3. The van der Waals surface area contributed by atoms with Gasteiger partial charge in [-0.1, -0.05) is 12.5 Å². The lowest BCUT2D eigenvalue weighted by atomic mass is 10.0. The smallest absolute Gasteiger partial charge is 0.221 e. The minimum absolute atomic E-state index is 0.0409. The summed E-state index contributed by atoms with van der Waals surface area (Å²) in [4.78, 5) is 13.8. The van der Waals surface area contributed by atoms with Gasteiger partial charge in [-0.2, -0.15) is 0 Å². The van der Waals surface area contributed by atoms with Gasteiger partial charge in [-0.15, -0.1) is 0 Å². The van der Waals surface area contributed by atoms with Crippen LogP contribution in [0.4, 0.5) is 8.78 Å². The van der Waals surface area contributed by atoms with Crippen molar-refractivity contribution in [1.82, 2.24) is 10.2 Å². The lowest BCUT2D eigenvalue weighted by molar-refractivity contribution is -0.121. The highest BCUT2D eigenvalue weighted by Crippen LogP contribution is 2.20. The minimum atomic E-state index is -0.826. The number of nitrogens with zero attached hydrogens (tertiary/aromatic N) is 1. The maximum absolute atomic E-state index is 13.3. The fraction of sp³-hybridized carbons (Fsp3) is 0.562. The summed E-state index contributed by atoms with van der Waals surface area (Å²) >= 11 is 0. The standard InChI is InChI=1S/C16H23F2N3O/c17-14-5-4-12(9-15(14)18)11-21-8-2-1-3-13(21)10-20-16(22)6-7-19/h4-5,9,13H,1-3,6-8,10-11,19H2,(H,20,22). The van der Waals surface area contributed by atoms with Gasteiger partial charge in [-0.05, 0) is 37.1 Å². The lowest BCUT2D eigenvalue weighted by Crippen LogP contribution is -2.46. The van der Waals surface area contributed by atoms with Crippen LogP contribution in [0, 0.1) is 11.6 Å². The van der Waals surface area contributed by atoms with Crippen molar-refractivity contribution >= 4 is 5.91 Å². The van der Waals surface area contributed by atoms with E-state index in [4.69, 9.17) is 5.73 Å². The number of amides is 1. The molecule has 1 aromatic carbocycles. The third-order valence-electron chi connectivity index (χ3n) is 4.03. The van der Waals surface area contributed by atoms with Crippen LogP contribution in [0.5, 0.6) is 0 Å². The van der Waals surface area contributed by atoms with Gasteiger partial charge in [-0.3, -0.25) is 9.69 Å². The molecule has 1 atom stereocenters. The number of piperidine rings is 1. The average Bonchev–Trinajstić information content (AvgIpc) is 2.50. The summed E-state index contributed by atoms with van der Waals surface area (Å²) in [5.41, 5.74) is 6.11. The highest BCUT2D eigenvalue weighted by molar-refractivity contribution is 5.76. The number of halogens is 2. The van der Waals surface area contributed by atoms with E-state index in [2.05, 4.69) is 10.2 Å². The Morgan fingerprint density at radius 3 is 2.86 bits per heavy atom. The molecule has 1 unspecified atom stereocenters. The van der Waals surface area contributed by atoms with Gasteiger partial charge in [0, 0.05) is 32.1 Å². The van der Waals surface area contributed by atoms with Crippen molar-refractivity contribution in [2.24, 2.45) is 5.73 Å². The van der Waals surface area contributed by atoms with Gasteiger partial charge in [0.05, 0.1) is 0 Å². The van der Waals surface area contributed by atoms with Gasteiger partial charge in [0.15, 0.2) is 11.6 Å². The number of benzene rings is 1. The number of likely N-dealkylation sites (tertiary alicyclic amines) is 1. The maximum Gasteiger partial charge on any atom is 0.221 e. The molecule has 0 bridgehead atoms. The predicted molar refractivity (Wildman–Crippen MR) is 81.1 cm³/mol. The van der Waals surface area contributed by atoms with Crippen LogP contribution < -0.4 is 11.1 Å². The van der Waals surface area contributed by atoms with Crippen molar-refractivity contribution in [3.8, 4) is 0 Å². The molecular formula is C16H23F2N3O.